The Morgan fingerprint density at radius 1 is 1.23 bits per heavy atom. The van der Waals surface area contributed by atoms with Gasteiger partial charge < -0.3 is 9.72 Å². The number of pyridine rings is 1. The molecular weight excluding hydrogens is 292 g/mol. The Morgan fingerprint density at radius 3 is 2.86 bits per heavy atom. The Labute approximate surface area is 123 Å². The molecule has 7 heteroatoms. The van der Waals surface area contributed by atoms with E-state index in [1.165, 1.54) is 12.3 Å². The van der Waals surface area contributed by atoms with E-state index in [4.69, 9.17) is 4.74 Å². The normalized spacial score (nSPS) is 11.0. The molecule has 2 heterocycles. The van der Waals surface area contributed by atoms with E-state index < -0.39 is 13.0 Å². The van der Waals surface area contributed by atoms with Crippen molar-refractivity contribution in [2.45, 2.75) is 6.43 Å². The van der Waals surface area contributed by atoms with Gasteiger partial charge in [-0.25, -0.2) is 18.7 Å². The molecule has 0 unspecified atom stereocenters. The average Bonchev–Trinajstić information content (AvgIpc) is 2.53. The van der Waals surface area contributed by atoms with Crippen LogP contribution in [-0.2, 0) is 0 Å². The Balaban J connectivity index is 2.00. The summed E-state index contributed by atoms with van der Waals surface area (Å²) < 4.78 is 29.2. The lowest BCUT2D eigenvalue weighted by Crippen LogP contribution is -2.10. The molecule has 3 aromatic rings. The highest BCUT2D eigenvalue weighted by Gasteiger charge is 2.09. The van der Waals surface area contributed by atoms with Crippen molar-refractivity contribution in [1.29, 1.82) is 0 Å². The maximum Gasteiger partial charge on any atom is 0.272 e. The van der Waals surface area contributed by atoms with E-state index in [1.807, 2.05) is 0 Å². The van der Waals surface area contributed by atoms with E-state index in [0.29, 0.717) is 22.3 Å². The fraction of sp³-hybridized carbons (Fsp3) is 0.133. The molecule has 0 fully saturated rings. The monoisotopic (exact) mass is 303 g/mol. The molecule has 0 aliphatic carbocycles. The maximum absolute atomic E-state index is 12.2. The number of hydrogen-bond donors (Lipinski definition) is 1. The molecule has 0 atom stereocenters. The van der Waals surface area contributed by atoms with Crippen LogP contribution in [0.15, 0.2) is 47.4 Å². The van der Waals surface area contributed by atoms with Crippen LogP contribution in [0.1, 0.15) is 0 Å². The predicted molar refractivity (Wildman–Crippen MR) is 77.1 cm³/mol. The van der Waals surface area contributed by atoms with Crippen molar-refractivity contribution in [3.05, 3.63) is 52.9 Å². The first-order valence-corrected chi connectivity index (χ1v) is 6.50. The van der Waals surface area contributed by atoms with Gasteiger partial charge in [0.05, 0.1) is 10.9 Å². The Morgan fingerprint density at radius 2 is 2.05 bits per heavy atom. The largest absolute Gasteiger partial charge is 0.472 e. The summed E-state index contributed by atoms with van der Waals surface area (Å²) >= 11 is 0. The number of H-pyrrole nitrogens is 1. The van der Waals surface area contributed by atoms with Crippen LogP contribution in [0.3, 0.4) is 0 Å². The van der Waals surface area contributed by atoms with Crippen molar-refractivity contribution < 1.29 is 13.5 Å². The number of nitrogens with one attached hydrogen (secondary N) is 1. The second-order valence-electron chi connectivity index (χ2n) is 4.52. The summed E-state index contributed by atoms with van der Waals surface area (Å²) in [4.78, 5) is 22.9. The van der Waals surface area contributed by atoms with Crippen LogP contribution < -0.4 is 10.3 Å². The van der Waals surface area contributed by atoms with Gasteiger partial charge in [0, 0.05) is 17.8 Å². The summed E-state index contributed by atoms with van der Waals surface area (Å²) in [5.41, 5.74) is 0.808. The van der Waals surface area contributed by atoms with E-state index in [1.54, 1.807) is 30.3 Å². The Bertz CT molecular complexity index is 865. The van der Waals surface area contributed by atoms with Gasteiger partial charge >= 0.3 is 0 Å². The molecule has 22 heavy (non-hydrogen) atoms. The molecule has 1 aromatic carbocycles. The number of ether oxygens (including phenoxy) is 1. The zero-order valence-corrected chi connectivity index (χ0v) is 11.3. The molecular formula is C15H11F2N3O2. The minimum atomic E-state index is -2.58. The summed E-state index contributed by atoms with van der Waals surface area (Å²) in [5, 5.41) is 0.481. The van der Waals surface area contributed by atoms with Crippen molar-refractivity contribution in [3.63, 3.8) is 0 Å². The maximum atomic E-state index is 12.2. The van der Waals surface area contributed by atoms with Gasteiger partial charge in [-0.1, -0.05) is 12.1 Å². The second kappa shape index (κ2) is 5.88. The lowest BCUT2D eigenvalue weighted by atomic mass is 10.2. The third-order valence-electron chi connectivity index (χ3n) is 2.98. The molecule has 0 amide bonds. The van der Waals surface area contributed by atoms with Crippen LogP contribution in [0, 0.1) is 0 Å². The third-order valence-corrected chi connectivity index (χ3v) is 2.98. The SMILES string of the molecule is O=c1[nH]c(-c2ccnc(OCC(F)F)c2)nc2ccccc12. The first-order chi connectivity index (χ1) is 10.6. The zero-order valence-electron chi connectivity index (χ0n) is 11.3. The Hall–Kier alpha value is -2.83. The molecule has 0 aliphatic heterocycles. The molecule has 5 nitrogen and oxygen atoms in total. The van der Waals surface area contributed by atoms with Crippen LogP contribution in [0.2, 0.25) is 0 Å². The number of hydrogen-bond acceptors (Lipinski definition) is 4. The predicted octanol–water partition coefficient (Wildman–Crippen LogP) is 2.63. The van der Waals surface area contributed by atoms with Crippen molar-refractivity contribution in [3.8, 4) is 17.3 Å². The third kappa shape index (κ3) is 2.93. The summed E-state index contributed by atoms with van der Waals surface area (Å²) in [6, 6.07) is 10.00. The highest BCUT2D eigenvalue weighted by atomic mass is 19.3. The van der Waals surface area contributed by atoms with Gasteiger partial charge in [0.15, 0.2) is 6.61 Å². The Kier molecular flexibility index (Phi) is 3.78. The van der Waals surface area contributed by atoms with Crippen LogP contribution in [0.4, 0.5) is 8.78 Å². The molecule has 112 valence electrons. The van der Waals surface area contributed by atoms with Gasteiger partial charge in [0.2, 0.25) is 5.88 Å². The second-order valence-corrected chi connectivity index (χ2v) is 4.52. The van der Waals surface area contributed by atoms with E-state index in [-0.39, 0.29) is 11.4 Å². The molecule has 3 rings (SSSR count). The number of rotatable bonds is 4. The van der Waals surface area contributed by atoms with Crippen LogP contribution >= 0.6 is 0 Å². The van der Waals surface area contributed by atoms with Gasteiger partial charge in [-0.3, -0.25) is 4.79 Å². The number of aromatic nitrogens is 3. The molecule has 2 aromatic heterocycles. The molecule has 0 saturated carbocycles. The fourth-order valence-electron chi connectivity index (χ4n) is 2.01. The van der Waals surface area contributed by atoms with Crippen molar-refractivity contribution in [2.75, 3.05) is 6.61 Å². The standard InChI is InChI=1S/C15H11F2N3O2/c16-12(17)8-22-13-7-9(5-6-18-13)14-19-11-4-2-1-3-10(11)15(21)20-14/h1-7,12H,8H2,(H,19,20,21). The number of benzene rings is 1. The molecule has 1 N–H and O–H groups in total. The van der Waals surface area contributed by atoms with Crippen molar-refractivity contribution >= 4 is 10.9 Å². The highest BCUT2D eigenvalue weighted by molar-refractivity contribution is 5.79. The average molecular weight is 303 g/mol. The molecule has 0 spiro atoms. The molecule has 0 aliphatic rings. The number of nitrogens with zero attached hydrogens (tertiary/aromatic N) is 2. The fourth-order valence-corrected chi connectivity index (χ4v) is 2.01. The summed E-state index contributed by atoms with van der Waals surface area (Å²) in [7, 11) is 0. The van der Waals surface area contributed by atoms with E-state index in [0.717, 1.165) is 0 Å². The first-order valence-electron chi connectivity index (χ1n) is 6.50. The number of halogens is 2. The van der Waals surface area contributed by atoms with Gasteiger partial charge in [0.1, 0.15) is 5.82 Å². The summed E-state index contributed by atoms with van der Waals surface area (Å²) in [6.07, 6.45) is -1.17. The number of alkyl halides is 2. The highest BCUT2D eigenvalue weighted by Crippen LogP contribution is 2.19. The quantitative estimate of drug-likeness (QED) is 0.804. The number of aromatic amines is 1. The van der Waals surface area contributed by atoms with Crippen LogP contribution in [-0.4, -0.2) is 28.0 Å². The topological polar surface area (TPSA) is 67.9 Å². The molecule has 0 radical (unpaired) electrons. The number of fused-ring (bicyclic) bond motifs is 1. The van der Waals surface area contributed by atoms with Gasteiger partial charge in [-0.15, -0.1) is 0 Å². The minimum Gasteiger partial charge on any atom is -0.472 e. The van der Waals surface area contributed by atoms with Crippen LogP contribution in [0.5, 0.6) is 5.88 Å². The van der Waals surface area contributed by atoms with Gasteiger partial charge in [-0.2, -0.15) is 0 Å². The smallest absolute Gasteiger partial charge is 0.272 e. The minimum absolute atomic E-state index is 0.0496. The summed E-state index contributed by atoms with van der Waals surface area (Å²) in [5.74, 6) is 0.376. The van der Waals surface area contributed by atoms with Crippen molar-refractivity contribution in [1.82, 2.24) is 15.0 Å². The van der Waals surface area contributed by atoms with Crippen molar-refractivity contribution in [2.24, 2.45) is 0 Å². The van der Waals surface area contributed by atoms with Crippen LogP contribution in [0.25, 0.3) is 22.3 Å². The summed E-state index contributed by atoms with van der Waals surface area (Å²) in [6.45, 7) is -0.738. The van der Waals surface area contributed by atoms with E-state index >= 15 is 0 Å². The molecule has 0 bridgehead atoms. The lowest BCUT2D eigenvalue weighted by molar-refractivity contribution is 0.0796. The number of para-hydroxylation sites is 1. The van der Waals surface area contributed by atoms with Gasteiger partial charge in [0.25, 0.3) is 12.0 Å². The lowest BCUT2D eigenvalue weighted by Gasteiger charge is -2.07. The van der Waals surface area contributed by atoms with E-state index in [2.05, 4.69) is 15.0 Å². The zero-order chi connectivity index (χ0) is 15.5. The van der Waals surface area contributed by atoms with Gasteiger partial charge in [-0.05, 0) is 18.2 Å². The first kappa shape index (κ1) is 14.1. The molecule has 0 saturated heterocycles. The van der Waals surface area contributed by atoms with E-state index in [9.17, 15) is 13.6 Å².